The van der Waals surface area contributed by atoms with Gasteiger partial charge in [-0.25, -0.2) is 0 Å². The molecule has 0 radical (unpaired) electrons. The third kappa shape index (κ3) is 3.39. The molecule has 2 atom stereocenters. The first-order valence-electron chi connectivity index (χ1n) is 6.84. The minimum absolute atomic E-state index is 0.0247. The van der Waals surface area contributed by atoms with Crippen molar-refractivity contribution in [3.63, 3.8) is 0 Å². The maximum atomic E-state index is 11.0. The largest absolute Gasteiger partial charge is 0.489 e. The SMILES string of the molecule is CC(C)Oc1cc(OC2CCCC2N)ccc1[N+](=O)[O-]. The number of nitrogens with zero attached hydrogens (tertiary/aromatic N) is 1. The smallest absolute Gasteiger partial charge is 0.311 e. The summed E-state index contributed by atoms with van der Waals surface area (Å²) in [5.41, 5.74) is 5.91. The molecular formula is C14H20N2O4. The highest BCUT2D eigenvalue weighted by Gasteiger charge is 2.26. The first-order valence-corrected chi connectivity index (χ1v) is 6.84. The second kappa shape index (κ2) is 6.09. The van der Waals surface area contributed by atoms with E-state index in [9.17, 15) is 10.1 Å². The standard InChI is InChI=1S/C14H20N2O4/c1-9(2)19-14-8-10(6-7-12(14)16(17)18)20-13-5-3-4-11(13)15/h6-9,11,13H,3-5,15H2,1-2H3. The average molecular weight is 280 g/mol. The zero-order valence-electron chi connectivity index (χ0n) is 11.7. The maximum Gasteiger partial charge on any atom is 0.311 e. The van der Waals surface area contributed by atoms with Crippen molar-refractivity contribution in [1.82, 2.24) is 0 Å². The van der Waals surface area contributed by atoms with E-state index in [-0.39, 0.29) is 29.7 Å². The van der Waals surface area contributed by atoms with Crippen LogP contribution in [0, 0.1) is 10.1 Å². The number of benzene rings is 1. The van der Waals surface area contributed by atoms with E-state index in [1.165, 1.54) is 6.07 Å². The van der Waals surface area contributed by atoms with Gasteiger partial charge in [0.15, 0.2) is 0 Å². The Balaban J connectivity index is 2.20. The van der Waals surface area contributed by atoms with Gasteiger partial charge in [0.05, 0.1) is 11.0 Å². The summed E-state index contributed by atoms with van der Waals surface area (Å²) in [4.78, 5) is 10.5. The second-order valence-corrected chi connectivity index (χ2v) is 5.30. The minimum atomic E-state index is -0.456. The summed E-state index contributed by atoms with van der Waals surface area (Å²) in [5, 5.41) is 11.0. The zero-order valence-corrected chi connectivity index (χ0v) is 11.7. The Morgan fingerprint density at radius 1 is 1.40 bits per heavy atom. The van der Waals surface area contributed by atoms with Gasteiger partial charge in [-0.2, -0.15) is 0 Å². The van der Waals surface area contributed by atoms with Gasteiger partial charge in [0.25, 0.3) is 0 Å². The summed E-state index contributed by atoms with van der Waals surface area (Å²) in [5.74, 6) is 0.794. The van der Waals surface area contributed by atoms with Gasteiger partial charge in [-0.15, -0.1) is 0 Å². The number of ether oxygens (including phenoxy) is 2. The molecule has 2 rings (SSSR count). The molecule has 0 amide bonds. The van der Waals surface area contributed by atoms with Crippen LogP contribution in [-0.2, 0) is 0 Å². The lowest BCUT2D eigenvalue weighted by Crippen LogP contribution is -2.33. The lowest BCUT2D eigenvalue weighted by atomic mass is 10.2. The van der Waals surface area contributed by atoms with Crippen molar-refractivity contribution in [3.8, 4) is 11.5 Å². The number of nitro groups is 1. The Labute approximate surface area is 118 Å². The van der Waals surface area contributed by atoms with E-state index in [0.717, 1.165) is 19.3 Å². The summed E-state index contributed by atoms with van der Waals surface area (Å²) in [6.07, 6.45) is 2.75. The number of nitrogens with two attached hydrogens (primary N) is 1. The molecule has 0 saturated heterocycles. The summed E-state index contributed by atoms with van der Waals surface area (Å²) in [6.45, 7) is 3.65. The first kappa shape index (κ1) is 14.6. The van der Waals surface area contributed by atoms with E-state index in [2.05, 4.69) is 0 Å². The average Bonchev–Trinajstić information content (AvgIpc) is 2.74. The molecule has 6 nitrogen and oxygen atoms in total. The van der Waals surface area contributed by atoms with E-state index in [4.69, 9.17) is 15.2 Å². The molecule has 2 N–H and O–H groups in total. The van der Waals surface area contributed by atoms with Crippen molar-refractivity contribution in [1.29, 1.82) is 0 Å². The Morgan fingerprint density at radius 3 is 2.70 bits per heavy atom. The fourth-order valence-electron chi connectivity index (χ4n) is 2.34. The third-order valence-electron chi connectivity index (χ3n) is 3.28. The summed E-state index contributed by atoms with van der Waals surface area (Å²) < 4.78 is 11.3. The molecular weight excluding hydrogens is 260 g/mol. The lowest BCUT2D eigenvalue weighted by molar-refractivity contribution is -0.386. The topological polar surface area (TPSA) is 87.6 Å². The van der Waals surface area contributed by atoms with Crippen LogP contribution in [0.4, 0.5) is 5.69 Å². The highest BCUT2D eigenvalue weighted by Crippen LogP contribution is 2.33. The van der Waals surface area contributed by atoms with Gasteiger partial charge in [-0.1, -0.05) is 0 Å². The molecule has 110 valence electrons. The highest BCUT2D eigenvalue weighted by molar-refractivity contribution is 5.50. The zero-order chi connectivity index (χ0) is 14.7. The van der Waals surface area contributed by atoms with Crippen molar-refractivity contribution in [2.45, 2.75) is 51.4 Å². The second-order valence-electron chi connectivity index (χ2n) is 5.30. The van der Waals surface area contributed by atoms with Crippen molar-refractivity contribution in [3.05, 3.63) is 28.3 Å². The van der Waals surface area contributed by atoms with Crippen LogP contribution >= 0.6 is 0 Å². The molecule has 0 heterocycles. The van der Waals surface area contributed by atoms with Crippen LogP contribution < -0.4 is 15.2 Å². The van der Waals surface area contributed by atoms with Crippen LogP contribution in [0.1, 0.15) is 33.1 Å². The van der Waals surface area contributed by atoms with Gasteiger partial charge in [0.2, 0.25) is 5.75 Å². The van der Waals surface area contributed by atoms with Crippen LogP contribution in [0.15, 0.2) is 18.2 Å². The molecule has 20 heavy (non-hydrogen) atoms. The molecule has 1 aromatic rings. The Hall–Kier alpha value is -1.82. The van der Waals surface area contributed by atoms with Gasteiger partial charge >= 0.3 is 5.69 Å². The Kier molecular flexibility index (Phi) is 4.44. The monoisotopic (exact) mass is 280 g/mol. The molecule has 0 aliphatic heterocycles. The van der Waals surface area contributed by atoms with E-state index >= 15 is 0 Å². The molecule has 6 heteroatoms. The van der Waals surface area contributed by atoms with E-state index < -0.39 is 4.92 Å². The van der Waals surface area contributed by atoms with Crippen molar-refractivity contribution < 1.29 is 14.4 Å². The summed E-state index contributed by atoms with van der Waals surface area (Å²) in [7, 11) is 0. The number of hydrogen-bond acceptors (Lipinski definition) is 5. The highest BCUT2D eigenvalue weighted by atomic mass is 16.6. The lowest BCUT2D eigenvalue weighted by Gasteiger charge is -2.18. The van der Waals surface area contributed by atoms with Gasteiger partial charge in [0.1, 0.15) is 11.9 Å². The fraction of sp³-hybridized carbons (Fsp3) is 0.571. The molecule has 1 aliphatic carbocycles. The van der Waals surface area contributed by atoms with E-state index in [1.54, 1.807) is 12.1 Å². The van der Waals surface area contributed by atoms with Crippen LogP contribution in [0.5, 0.6) is 11.5 Å². The fourth-order valence-corrected chi connectivity index (χ4v) is 2.34. The van der Waals surface area contributed by atoms with Crippen molar-refractivity contribution in [2.24, 2.45) is 5.73 Å². The summed E-state index contributed by atoms with van der Waals surface area (Å²) >= 11 is 0. The molecule has 1 saturated carbocycles. The molecule has 1 aromatic carbocycles. The molecule has 0 aromatic heterocycles. The first-order chi connectivity index (χ1) is 9.47. The maximum absolute atomic E-state index is 11.0. The quantitative estimate of drug-likeness (QED) is 0.661. The molecule has 1 fully saturated rings. The van der Waals surface area contributed by atoms with Gasteiger partial charge in [-0.05, 0) is 39.2 Å². The van der Waals surface area contributed by atoms with Crippen LogP contribution in [0.2, 0.25) is 0 Å². The molecule has 0 spiro atoms. The third-order valence-corrected chi connectivity index (χ3v) is 3.28. The summed E-state index contributed by atoms with van der Waals surface area (Å²) in [6, 6.07) is 4.60. The number of rotatable bonds is 5. The van der Waals surface area contributed by atoms with Gasteiger partial charge in [0, 0.05) is 18.2 Å². The number of hydrogen-bond donors (Lipinski definition) is 1. The molecule has 2 unspecified atom stereocenters. The van der Waals surface area contributed by atoms with Crippen molar-refractivity contribution >= 4 is 5.69 Å². The van der Waals surface area contributed by atoms with Gasteiger partial charge in [-0.3, -0.25) is 10.1 Å². The molecule has 1 aliphatic rings. The molecule has 0 bridgehead atoms. The Bertz CT molecular complexity index is 490. The van der Waals surface area contributed by atoms with Crippen LogP contribution in [0.25, 0.3) is 0 Å². The van der Waals surface area contributed by atoms with Crippen LogP contribution in [0.3, 0.4) is 0 Å². The van der Waals surface area contributed by atoms with E-state index in [1.807, 2.05) is 13.8 Å². The predicted molar refractivity (Wildman–Crippen MR) is 75.1 cm³/mol. The van der Waals surface area contributed by atoms with Gasteiger partial charge < -0.3 is 15.2 Å². The van der Waals surface area contributed by atoms with Crippen LogP contribution in [-0.4, -0.2) is 23.2 Å². The Morgan fingerprint density at radius 2 is 2.15 bits per heavy atom. The normalized spacial score (nSPS) is 22.0. The number of nitro benzene ring substituents is 1. The van der Waals surface area contributed by atoms with E-state index in [0.29, 0.717) is 5.75 Å². The minimum Gasteiger partial charge on any atom is -0.489 e. The van der Waals surface area contributed by atoms with Crippen molar-refractivity contribution in [2.75, 3.05) is 0 Å². The predicted octanol–water partition coefficient (Wildman–Crippen LogP) is 2.64.